The molecule has 0 spiro atoms. The van der Waals surface area contributed by atoms with Crippen molar-refractivity contribution in [2.24, 2.45) is 11.5 Å². The Morgan fingerprint density at radius 2 is 0.968 bits per heavy atom. The first-order valence-corrected chi connectivity index (χ1v) is 28.8. The minimum atomic E-state index is -1.09. The van der Waals surface area contributed by atoms with Crippen molar-refractivity contribution >= 4 is 63.7 Å². The molecule has 0 aliphatic carbocycles. The molecule has 11 N–H and O–H groups in total. The molecule has 10 aromatic rings. The summed E-state index contributed by atoms with van der Waals surface area (Å²) in [6, 6.07) is 29.2. The summed E-state index contributed by atoms with van der Waals surface area (Å²) in [5, 5.41) is 15.4. The van der Waals surface area contributed by atoms with Crippen LogP contribution in [0.3, 0.4) is 0 Å². The lowest BCUT2D eigenvalue weighted by atomic mass is 9.97. The quantitative estimate of drug-likeness (QED) is 0.0598. The van der Waals surface area contributed by atoms with Gasteiger partial charge < -0.3 is 57.9 Å². The monoisotopic (exact) mass is 1270 g/mol. The lowest BCUT2D eigenvalue weighted by Crippen LogP contribution is -2.35. The van der Waals surface area contributed by atoms with E-state index >= 15 is 0 Å². The second kappa shape index (κ2) is 29.6. The average molecular weight is 1270 g/mol. The number of nitrogens with two attached hydrogens (primary N) is 4. The van der Waals surface area contributed by atoms with Gasteiger partial charge in [0.1, 0.15) is 36.3 Å². The van der Waals surface area contributed by atoms with Gasteiger partial charge in [0, 0.05) is 93.5 Å². The number of alkyl carbamates (subject to hydrolysis) is 2. The van der Waals surface area contributed by atoms with E-state index in [1.54, 1.807) is 71.0 Å². The Balaban J connectivity index is 0.000000165. The van der Waals surface area contributed by atoms with Crippen LogP contribution >= 0.6 is 0 Å². The van der Waals surface area contributed by atoms with Gasteiger partial charge in [0.05, 0.1) is 17.6 Å². The first-order chi connectivity index (χ1) is 44.6. The van der Waals surface area contributed by atoms with Gasteiger partial charge in [-0.2, -0.15) is 0 Å². The molecule has 0 unspecified atom stereocenters. The molecule has 93 heavy (non-hydrogen) atoms. The van der Waals surface area contributed by atoms with Crippen LogP contribution in [0.25, 0.3) is 44.1 Å². The minimum Gasteiger partial charge on any atom is -0.445 e. The summed E-state index contributed by atoms with van der Waals surface area (Å²) >= 11 is 0. The molecule has 2 aliphatic heterocycles. The first kappa shape index (κ1) is 66.2. The molecule has 6 aromatic carbocycles. The number of nitrogens with one attached hydrogen (secondary N) is 2. The van der Waals surface area contributed by atoms with Crippen molar-refractivity contribution in [1.82, 2.24) is 59.5 Å². The summed E-state index contributed by atoms with van der Waals surface area (Å²) in [5.41, 5.74) is 29.2. The molecule has 0 saturated carbocycles. The molecule has 6 heterocycles. The molecule has 0 fully saturated rings. The third kappa shape index (κ3) is 16.4. The van der Waals surface area contributed by atoms with Crippen molar-refractivity contribution in [3.63, 3.8) is 0 Å². The highest BCUT2D eigenvalue weighted by Gasteiger charge is 2.29. The number of benzene rings is 6. The predicted molar refractivity (Wildman–Crippen MR) is 336 cm³/mol. The predicted octanol–water partition coefficient (Wildman–Crippen LogP) is 8.37. The highest BCUT2D eigenvalue weighted by Crippen LogP contribution is 2.34. The van der Waals surface area contributed by atoms with Crippen molar-refractivity contribution in [2.75, 3.05) is 37.6 Å². The molecule has 12 rings (SSSR count). The van der Waals surface area contributed by atoms with Crippen LogP contribution in [0.2, 0.25) is 0 Å². The fourth-order valence-electron chi connectivity index (χ4n) is 9.91. The number of aliphatic hydroxyl groups is 1. The third-order valence-corrected chi connectivity index (χ3v) is 14.2. The lowest BCUT2D eigenvalue weighted by Gasteiger charge is -2.19. The molecule has 4 amide bonds. The van der Waals surface area contributed by atoms with Crippen molar-refractivity contribution in [3.8, 4) is 22.3 Å². The van der Waals surface area contributed by atoms with E-state index in [0.717, 1.165) is 46.5 Å². The number of nitrogens with zero attached hydrogens (tertiary/aromatic N) is 10. The Bertz CT molecular complexity index is 4290. The molecule has 4 aromatic heterocycles. The van der Waals surface area contributed by atoms with Crippen molar-refractivity contribution in [1.29, 1.82) is 0 Å². The summed E-state index contributed by atoms with van der Waals surface area (Å²) in [5.74, 6) is -4.96. The molecule has 480 valence electrons. The minimum absolute atomic E-state index is 0.0332. The van der Waals surface area contributed by atoms with Gasteiger partial charge in [-0.1, -0.05) is 60.7 Å². The van der Waals surface area contributed by atoms with Gasteiger partial charge in [0.25, 0.3) is 11.8 Å². The standard InChI is InChI=1S/C27H24F2N6O3.C24H18F2N4O2.C7H6N4O.C7H16N2O2/c28-21-10-18(14-38-27(37)32-8-7-30)19(11-22(21)29)15-5-6-23-20(9-15)24(34-26(31)33-23)25(36)35-12-16-3-1-2-4-17(16)13-35;25-19-8-16(12-31)17(9-20(19)26)13-5-6-21-18(7-13)22(29-24(27)28-21)23(32)30-10-14-3-1-2-4-15(14)11-30;12-7(10-3-1-8-5-10)11-4-2-9-6-11;1-7(2,3)11-6(10)9-5-4-8/h1-6,9-11H,7-8,12-14,30H2,(H,32,37)(H2,31,33,34);1-9,31H,10-12H2,(H2,27,28,29);1-6H;4-5,8H2,1-3H3,(H,9,10). The van der Waals surface area contributed by atoms with Gasteiger partial charge in [-0.3, -0.25) is 18.7 Å². The molecule has 0 atom stereocenters. The van der Waals surface area contributed by atoms with Gasteiger partial charge in [0.2, 0.25) is 11.9 Å². The molecular formula is C65H64F4N16O8. The number of imidazole rings is 2. The second-order valence-electron chi connectivity index (χ2n) is 21.9. The van der Waals surface area contributed by atoms with Crippen molar-refractivity contribution in [2.45, 2.75) is 65.8 Å². The molecule has 28 heteroatoms. The van der Waals surface area contributed by atoms with Gasteiger partial charge in [-0.05, 0) is 119 Å². The normalized spacial score (nSPS) is 12.1. The van der Waals surface area contributed by atoms with Crippen LogP contribution in [-0.4, -0.2) is 116 Å². The van der Waals surface area contributed by atoms with Crippen LogP contribution in [0.4, 0.5) is 43.8 Å². The van der Waals surface area contributed by atoms with Gasteiger partial charge in [0.15, 0.2) is 23.3 Å². The Kier molecular flexibility index (Phi) is 21.1. The van der Waals surface area contributed by atoms with Crippen LogP contribution in [-0.2, 0) is 48.9 Å². The highest BCUT2D eigenvalue weighted by molar-refractivity contribution is 6.07. The number of anilines is 2. The number of halogens is 4. The number of nitrogen functional groups attached to an aromatic ring is 2. The summed E-state index contributed by atoms with van der Waals surface area (Å²) in [6.07, 6.45) is 8.01. The van der Waals surface area contributed by atoms with Gasteiger partial charge in [-0.25, -0.2) is 61.8 Å². The van der Waals surface area contributed by atoms with E-state index in [9.17, 15) is 46.6 Å². The number of ether oxygens (including phenoxy) is 2. The fraction of sp³-hybridized carbons (Fsp3) is 0.215. The zero-order valence-electron chi connectivity index (χ0n) is 50.5. The topological polar surface area (TPSA) is 346 Å². The fourth-order valence-corrected chi connectivity index (χ4v) is 9.91. The molecule has 0 saturated heterocycles. The van der Waals surface area contributed by atoms with E-state index < -0.39 is 47.7 Å². The van der Waals surface area contributed by atoms with Crippen LogP contribution in [0, 0.1) is 23.3 Å². The number of carbonyl (C=O) groups excluding carboxylic acids is 5. The Morgan fingerprint density at radius 3 is 1.37 bits per heavy atom. The smallest absolute Gasteiger partial charge is 0.407 e. The summed E-state index contributed by atoms with van der Waals surface area (Å²) in [7, 11) is 0. The number of hydrogen-bond acceptors (Lipinski definition) is 18. The number of fused-ring (bicyclic) bond motifs is 4. The lowest BCUT2D eigenvalue weighted by molar-refractivity contribution is 0.0528. The number of carbonyl (C=O) groups is 5. The van der Waals surface area contributed by atoms with E-state index in [0.29, 0.717) is 77.8 Å². The maximum atomic E-state index is 14.3. The third-order valence-electron chi connectivity index (χ3n) is 14.2. The maximum absolute atomic E-state index is 14.3. The molecule has 0 radical (unpaired) electrons. The summed E-state index contributed by atoms with van der Waals surface area (Å²) in [4.78, 5) is 88.8. The van der Waals surface area contributed by atoms with Gasteiger partial charge >= 0.3 is 18.2 Å². The largest absolute Gasteiger partial charge is 0.445 e. The molecule has 24 nitrogen and oxygen atoms in total. The number of hydrogen-bond donors (Lipinski definition) is 7. The van der Waals surface area contributed by atoms with Crippen LogP contribution < -0.4 is 33.6 Å². The Labute approximate surface area is 529 Å². The average Bonchev–Trinajstić information content (AvgIpc) is 1.60. The van der Waals surface area contributed by atoms with E-state index in [4.69, 9.17) is 32.4 Å². The van der Waals surface area contributed by atoms with Crippen LogP contribution in [0.5, 0.6) is 0 Å². The van der Waals surface area contributed by atoms with Gasteiger partial charge in [-0.15, -0.1) is 0 Å². The zero-order chi connectivity index (χ0) is 66.5. The maximum Gasteiger partial charge on any atom is 0.407 e. The second-order valence-corrected chi connectivity index (χ2v) is 21.9. The highest BCUT2D eigenvalue weighted by atomic mass is 19.2. The first-order valence-electron chi connectivity index (χ1n) is 28.8. The zero-order valence-corrected chi connectivity index (χ0v) is 50.5. The molecular weight excluding hydrogens is 1210 g/mol. The molecule has 0 bridgehead atoms. The van der Waals surface area contributed by atoms with E-state index in [2.05, 4.69) is 40.5 Å². The molecule has 2 aliphatic rings. The SMILES string of the molecule is CC(C)(C)OC(=O)NCCN.NCCNC(=O)OCc1cc(F)c(F)cc1-c1ccc2nc(N)nc(C(=O)N3Cc4ccccc4C3)c2c1.Nc1nc(C(=O)N2Cc3ccccc3C2)c2cc(-c3cc(F)c(F)cc3CO)ccc2n1.O=C(n1ccnc1)n1ccnc1. The van der Waals surface area contributed by atoms with Crippen LogP contribution in [0.1, 0.15) is 75.1 Å². The summed E-state index contributed by atoms with van der Waals surface area (Å²) < 4.78 is 68.8. The summed E-state index contributed by atoms with van der Waals surface area (Å²) in [6.45, 7) is 7.73. The number of amides is 4. The number of aliphatic hydroxyl groups excluding tert-OH is 1. The number of aromatic nitrogens is 8. The van der Waals surface area contributed by atoms with E-state index in [1.165, 1.54) is 21.8 Å². The van der Waals surface area contributed by atoms with Crippen LogP contribution in [0.15, 0.2) is 147 Å². The van der Waals surface area contributed by atoms with E-state index in [-0.39, 0.29) is 77.5 Å². The van der Waals surface area contributed by atoms with Crippen molar-refractivity contribution < 1.29 is 56.1 Å². The Morgan fingerprint density at radius 1 is 0.559 bits per heavy atom. The van der Waals surface area contributed by atoms with E-state index in [1.807, 2.05) is 69.3 Å². The van der Waals surface area contributed by atoms with Crippen molar-refractivity contribution in [3.05, 3.63) is 215 Å². The Hall–Kier alpha value is -11.2. The number of rotatable bonds is 11.